The van der Waals surface area contributed by atoms with Crippen LogP contribution in [0.4, 0.5) is 5.69 Å². The van der Waals surface area contributed by atoms with Crippen LogP contribution in [0.5, 0.6) is 5.75 Å². The van der Waals surface area contributed by atoms with Gasteiger partial charge in [0.05, 0.1) is 29.4 Å². The third-order valence-corrected chi connectivity index (χ3v) is 6.57. The molecule has 3 heterocycles. The lowest BCUT2D eigenvalue weighted by atomic mass is 10.0. The minimum atomic E-state index is -0.0619. The second-order valence-corrected chi connectivity index (χ2v) is 9.01. The average molecular weight is 460 g/mol. The maximum Gasteiger partial charge on any atom is 0.174 e. The molecule has 1 saturated heterocycles. The molecule has 0 unspecified atom stereocenters. The number of thiophene rings is 1. The van der Waals surface area contributed by atoms with Crippen molar-refractivity contribution in [2.24, 2.45) is 0 Å². The first-order chi connectivity index (χ1) is 14.6. The number of methoxy groups -OCH3 is 1. The van der Waals surface area contributed by atoms with Gasteiger partial charge in [0.15, 0.2) is 5.11 Å². The minimum absolute atomic E-state index is 0.0255. The Balaban J connectivity index is 1.70. The number of pyridine rings is 1. The van der Waals surface area contributed by atoms with E-state index in [1.807, 2.05) is 42.6 Å². The zero-order chi connectivity index (χ0) is 21.1. The second kappa shape index (κ2) is 9.31. The van der Waals surface area contributed by atoms with Crippen LogP contribution in [0.2, 0.25) is 5.02 Å². The molecule has 1 fully saturated rings. The molecule has 0 spiro atoms. The van der Waals surface area contributed by atoms with Gasteiger partial charge in [-0.2, -0.15) is 0 Å². The normalized spacial score (nSPS) is 18.5. The van der Waals surface area contributed by atoms with Crippen molar-refractivity contribution >= 4 is 46.0 Å². The Bertz CT molecular complexity index is 1030. The lowest BCUT2D eigenvalue weighted by Gasteiger charge is -2.27. The van der Waals surface area contributed by atoms with E-state index < -0.39 is 0 Å². The maximum atomic E-state index is 6.52. The third-order valence-electron chi connectivity index (χ3n) is 4.89. The van der Waals surface area contributed by atoms with Crippen molar-refractivity contribution in [3.05, 3.63) is 75.2 Å². The molecule has 156 valence electrons. The van der Waals surface area contributed by atoms with Gasteiger partial charge in [-0.05, 0) is 61.6 Å². The minimum Gasteiger partial charge on any atom is -0.490 e. The van der Waals surface area contributed by atoms with Crippen molar-refractivity contribution in [2.45, 2.75) is 19.0 Å². The van der Waals surface area contributed by atoms with Crippen molar-refractivity contribution in [2.75, 3.05) is 25.2 Å². The summed E-state index contributed by atoms with van der Waals surface area (Å²) in [7, 11) is 1.64. The van der Waals surface area contributed by atoms with Gasteiger partial charge in [0.1, 0.15) is 12.4 Å². The molecular weight excluding hydrogens is 438 g/mol. The molecule has 8 heteroatoms. The van der Waals surface area contributed by atoms with Crippen molar-refractivity contribution in [3.8, 4) is 5.75 Å². The van der Waals surface area contributed by atoms with E-state index in [0.29, 0.717) is 29.1 Å². The van der Waals surface area contributed by atoms with Gasteiger partial charge < -0.3 is 19.7 Å². The highest BCUT2D eigenvalue weighted by atomic mass is 35.5. The fraction of sp³-hybridized carbons (Fsp3) is 0.273. The first-order valence-electron chi connectivity index (χ1n) is 9.57. The highest BCUT2D eigenvalue weighted by Crippen LogP contribution is 2.44. The molecular formula is C22H22ClN3O2S2. The van der Waals surface area contributed by atoms with Crippen molar-refractivity contribution < 1.29 is 9.47 Å². The fourth-order valence-electron chi connectivity index (χ4n) is 3.53. The number of benzene rings is 1. The molecule has 3 aromatic rings. The van der Waals surface area contributed by atoms with Crippen molar-refractivity contribution in [3.63, 3.8) is 0 Å². The second-order valence-electron chi connectivity index (χ2n) is 6.90. The van der Waals surface area contributed by atoms with E-state index in [-0.39, 0.29) is 12.1 Å². The molecule has 1 aromatic carbocycles. The summed E-state index contributed by atoms with van der Waals surface area (Å²) in [5.74, 6) is 0.625. The van der Waals surface area contributed by atoms with E-state index in [1.165, 1.54) is 9.75 Å². The number of hydrogen-bond acceptors (Lipinski definition) is 5. The number of ether oxygens (including phenoxy) is 2. The molecule has 1 N–H and O–H groups in total. The molecule has 1 aliphatic rings. The van der Waals surface area contributed by atoms with Crippen LogP contribution in [0.15, 0.2) is 54.7 Å². The number of nitrogens with one attached hydrogen (secondary N) is 1. The van der Waals surface area contributed by atoms with Gasteiger partial charge in [-0.25, -0.2) is 0 Å². The zero-order valence-electron chi connectivity index (χ0n) is 16.7. The molecule has 0 bridgehead atoms. The first kappa shape index (κ1) is 21.1. The Morgan fingerprint density at radius 2 is 2.07 bits per heavy atom. The van der Waals surface area contributed by atoms with E-state index in [0.717, 1.165) is 11.4 Å². The first-order valence-corrected chi connectivity index (χ1v) is 11.2. The Kier molecular flexibility index (Phi) is 6.53. The van der Waals surface area contributed by atoms with Crippen LogP contribution in [0.25, 0.3) is 0 Å². The summed E-state index contributed by atoms with van der Waals surface area (Å²) in [6.07, 6.45) is 1.81. The van der Waals surface area contributed by atoms with Crippen LogP contribution in [-0.4, -0.2) is 30.4 Å². The molecule has 4 rings (SSSR count). The molecule has 0 radical (unpaired) electrons. The van der Waals surface area contributed by atoms with Gasteiger partial charge in [-0.15, -0.1) is 11.3 Å². The van der Waals surface area contributed by atoms with Gasteiger partial charge in [-0.1, -0.05) is 17.7 Å². The summed E-state index contributed by atoms with van der Waals surface area (Å²) < 4.78 is 10.7. The Labute approximate surface area is 190 Å². The predicted octanol–water partition coefficient (Wildman–Crippen LogP) is 5.31. The van der Waals surface area contributed by atoms with E-state index in [1.54, 1.807) is 18.4 Å². The van der Waals surface area contributed by atoms with E-state index in [9.17, 15) is 0 Å². The van der Waals surface area contributed by atoms with Crippen molar-refractivity contribution in [1.29, 1.82) is 0 Å². The molecule has 5 nitrogen and oxygen atoms in total. The van der Waals surface area contributed by atoms with Gasteiger partial charge >= 0.3 is 0 Å². The maximum absolute atomic E-state index is 6.52. The number of thiocarbonyl (C=S) groups is 1. The molecule has 2 atom stereocenters. The fourth-order valence-corrected chi connectivity index (χ4v) is 5.11. The van der Waals surface area contributed by atoms with Crippen LogP contribution in [0.1, 0.15) is 27.5 Å². The van der Waals surface area contributed by atoms with E-state index in [2.05, 4.69) is 34.3 Å². The number of halogens is 1. The Hall–Kier alpha value is -2.19. The standard InChI is InChI=1S/C22H22ClN3O2S2/c1-14-6-9-19(30-14)21-20(17-5-3-4-10-24-17)25-22(29)26(21)15-7-8-18(16(23)13-15)28-12-11-27-2/h3-10,13,20-21H,11-12H2,1-2H3,(H,25,29)/t20-,21+/m1/s1. The quantitative estimate of drug-likeness (QED) is 0.381. The number of aromatic nitrogens is 1. The van der Waals surface area contributed by atoms with Crippen LogP contribution in [-0.2, 0) is 4.74 Å². The van der Waals surface area contributed by atoms with Crippen LogP contribution >= 0.6 is 35.2 Å². The summed E-state index contributed by atoms with van der Waals surface area (Å²) >= 11 is 14.0. The van der Waals surface area contributed by atoms with Gasteiger partial charge in [0.2, 0.25) is 0 Å². The summed E-state index contributed by atoms with van der Waals surface area (Å²) in [6, 6.07) is 15.9. The Morgan fingerprint density at radius 1 is 1.20 bits per heavy atom. The highest BCUT2D eigenvalue weighted by Gasteiger charge is 2.41. The number of aryl methyl sites for hydroxylation is 1. The predicted molar refractivity (Wildman–Crippen MR) is 126 cm³/mol. The average Bonchev–Trinajstić information content (AvgIpc) is 3.33. The van der Waals surface area contributed by atoms with Gasteiger partial charge in [0.25, 0.3) is 0 Å². The highest BCUT2D eigenvalue weighted by molar-refractivity contribution is 7.80. The molecule has 0 saturated carbocycles. The van der Waals surface area contributed by atoms with Crippen molar-refractivity contribution in [1.82, 2.24) is 10.3 Å². The zero-order valence-corrected chi connectivity index (χ0v) is 19.1. The number of anilines is 1. The SMILES string of the molecule is COCCOc1ccc(N2C(=S)N[C@H](c3ccccn3)[C@@H]2c2ccc(C)s2)cc1Cl. The van der Waals surface area contributed by atoms with E-state index in [4.69, 9.17) is 33.3 Å². The topological polar surface area (TPSA) is 46.6 Å². The number of nitrogens with zero attached hydrogens (tertiary/aromatic N) is 2. The summed E-state index contributed by atoms with van der Waals surface area (Å²) in [4.78, 5) is 9.16. The summed E-state index contributed by atoms with van der Waals surface area (Å²) in [6.45, 7) is 3.06. The van der Waals surface area contributed by atoms with Crippen LogP contribution in [0, 0.1) is 6.92 Å². The summed E-state index contributed by atoms with van der Waals surface area (Å²) in [5, 5.41) is 4.64. The van der Waals surface area contributed by atoms with Crippen LogP contribution in [0.3, 0.4) is 0 Å². The van der Waals surface area contributed by atoms with Crippen LogP contribution < -0.4 is 15.0 Å². The smallest absolute Gasteiger partial charge is 0.174 e. The Morgan fingerprint density at radius 3 is 2.73 bits per heavy atom. The largest absolute Gasteiger partial charge is 0.490 e. The molecule has 30 heavy (non-hydrogen) atoms. The van der Waals surface area contributed by atoms with E-state index >= 15 is 0 Å². The third kappa shape index (κ3) is 4.30. The molecule has 0 amide bonds. The summed E-state index contributed by atoms with van der Waals surface area (Å²) in [5.41, 5.74) is 1.86. The molecule has 1 aliphatic heterocycles. The van der Waals surface area contributed by atoms with Gasteiger partial charge in [-0.3, -0.25) is 4.98 Å². The lowest BCUT2D eigenvalue weighted by molar-refractivity contribution is 0.146. The van der Waals surface area contributed by atoms with Gasteiger partial charge in [0, 0.05) is 28.7 Å². The lowest BCUT2D eigenvalue weighted by Crippen LogP contribution is -2.29. The molecule has 2 aromatic heterocycles. The number of rotatable bonds is 7. The number of hydrogen-bond donors (Lipinski definition) is 1. The monoisotopic (exact) mass is 459 g/mol. The molecule has 0 aliphatic carbocycles.